The number of carbonyl (C=O) groups is 3. The molecule has 16 nitrogen and oxygen atoms in total. The van der Waals surface area contributed by atoms with E-state index in [9.17, 15) is 29.4 Å². The Bertz CT molecular complexity index is 2760. The van der Waals surface area contributed by atoms with Crippen LogP contribution in [-0.2, 0) is 28.5 Å². The van der Waals surface area contributed by atoms with E-state index in [0.29, 0.717) is 23.9 Å². The van der Waals surface area contributed by atoms with Gasteiger partial charge in [0.25, 0.3) is 11.7 Å². The Morgan fingerprint density at radius 1 is 1.06 bits per heavy atom. The predicted molar refractivity (Wildman–Crippen MR) is 241 cm³/mol. The minimum atomic E-state index is -2.03. The summed E-state index contributed by atoms with van der Waals surface area (Å²) in [5.41, 5.74) is -0.246. The molecule has 0 radical (unpaired) electrons. The molecule has 3 aromatic carbocycles. The van der Waals surface area contributed by atoms with Crippen LogP contribution >= 0.6 is 0 Å². The molecule has 7 bridgehead atoms. The number of hydrogen-bond donors (Lipinski definition) is 3. The monoisotopic (exact) mass is 896 g/mol. The molecule has 2 fully saturated rings. The standard InChI is InChI=1S/C49H57N3O13/c1-23-13-11-14-24(2)48(58)51-38-41(56)35-34(37-45(38)63-33-21-30(16-17-31(33)50-37)60-22-29-15-12-19-52(29,8)9)36-43(26(4)39(35)54)65-49(7,47(36)57)61-20-18-32(59-10)25(3)44(62-28(6)53)46-40(55)27(5)42(23)64-46/h11,13-14,16-18,20-21,23,25,27,29,32,40,42,44,46,55H,12,15,19,22H2,1-10H3,(H-,50,51,54,56,57,58)/p+1/b13-11+,20-18+,24-14-/t23-,25+,27-,29?,32-,40+,42-,44+,46+,49-/m0/s1. The zero-order valence-electron chi connectivity index (χ0n) is 38.4. The van der Waals surface area contributed by atoms with Crippen molar-refractivity contribution in [3.05, 3.63) is 75.7 Å². The van der Waals surface area contributed by atoms with Crippen molar-refractivity contribution in [2.24, 2.45) is 17.8 Å². The number of methoxy groups -OCH3 is 1. The number of Topliss-reactive ketones (excluding diaryl/α,β-unsaturated/α-hetero) is 1. The summed E-state index contributed by atoms with van der Waals surface area (Å²) in [6, 6.07) is 5.46. The first-order valence-electron chi connectivity index (χ1n) is 22.1. The Morgan fingerprint density at radius 2 is 1.82 bits per heavy atom. The van der Waals surface area contributed by atoms with Crippen molar-refractivity contribution in [1.29, 1.82) is 0 Å². The summed E-state index contributed by atoms with van der Waals surface area (Å²) in [6.07, 6.45) is 5.81. The van der Waals surface area contributed by atoms with Crippen molar-refractivity contribution in [1.82, 2.24) is 4.98 Å². The van der Waals surface area contributed by atoms with E-state index >= 15 is 0 Å². The van der Waals surface area contributed by atoms with E-state index in [1.807, 2.05) is 19.9 Å². The Morgan fingerprint density at radius 3 is 2.51 bits per heavy atom. The highest BCUT2D eigenvalue weighted by atomic mass is 16.7. The number of allylic oxidation sites excluding steroid dienone is 2. The fourth-order valence-corrected chi connectivity index (χ4v) is 9.80. The second kappa shape index (κ2) is 17.2. The molecule has 1 aromatic heterocycles. The molecule has 9 rings (SSSR count). The third-order valence-electron chi connectivity index (χ3n) is 13.9. The molecule has 1 amide bonds. The van der Waals surface area contributed by atoms with Crippen LogP contribution in [0.15, 0.2) is 63.6 Å². The fourth-order valence-electron chi connectivity index (χ4n) is 9.80. The smallest absolute Gasteiger partial charge is 0.312 e. The number of anilines is 1. The van der Waals surface area contributed by atoms with Crippen molar-refractivity contribution in [3.8, 4) is 17.2 Å². The summed E-state index contributed by atoms with van der Waals surface area (Å²) >= 11 is 0. The molecular formula is C49H58N3O13+. The number of carbonyl (C=O) groups excluding carboxylic acids is 3. The Hall–Kier alpha value is -5.81. The van der Waals surface area contributed by atoms with Crippen LogP contribution in [0.4, 0.5) is 5.69 Å². The van der Waals surface area contributed by atoms with Crippen LogP contribution in [0.2, 0.25) is 0 Å². The quantitative estimate of drug-likeness (QED) is 0.0654. The molecule has 65 heavy (non-hydrogen) atoms. The van der Waals surface area contributed by atoms with Crippen molar-refractivity contribution < 1.29 is 61.9 Å². The maximum Gasteiger partial charge on any atom is 0.312 e. The molecular weight excluding hydrogens is 839 g/mol. The third kappa shape index (κ3) is 8.04. The lowest BCUT2D eigenvalue weighted by atomic mass is 9.86. The predicted octanol–water partition coefficient (Wildman–Crippen LogP) is 6.39. The molecule has 6 heterocycles. The summed E-state index contributed by atoms with van der Waals surface area (Å²) in [4.78, 5) is 60.6. The molecule has 16 heteroatoms. The van der Waals surface area contributed by atoms with E-state index in [1.165, 1.54) is 40.2 Å². The first-order chi connectivity index (χ1) is 30.8. The molecule has 3 N–H and O–H groups in total. The highest BCUT2D eigenvalue weighted by Gasteiger charge is 2.51. The van der Waals surface area contributed by atoms with Crippen LogP contribution < -0.4 is 20.2 Å². The first kappa shape index (κ1) is 45.7. The van der Waals surface area contributed by atoms with Gasteiger partial charge in [-0.05, 0) is 32.1 Å². The van der Waals surface area contributed by atoms with Crippen LogP contribution in [0.25, 0.3) is 33.0 Å². The molecule has 0 saturated carbocycles. The van der Waals surface area contributed by atoms with Crippen molar-refractivity contribution in [2.45, 2.75) is 104 Å². The number of aromatic nitrogens is 1. The number of ketones is 1. The average Bonchev–Trinajstić information content (AvgIpc) is 3.86. The number of nitrogens with zero attached hydrogens (tertiary/aromatic N) is 2. The number of aromatic hydroxyl groups is 1. The van der Waals surface area contributed by atoms with E-state index in [0.717, 1.165) is 23.9 Å². The highest BCUT2D eigenvalue weighted by molar-refractivity contribution is 6.26. The van der Waals surface area contributed by atoms with Crippen LogP contribution in [0, 0.1) is 24.7 Å². The number of likely N-dealkylation sites (N-methyl/N-ethyl adjacent to an activating group) is 1. The second-order valence-electron chi connectivity index (χ2n) is 18.7. The van der Waals surface area contributed by atoms with Crippen LogP contribution in [-0.4, -0.2) is 114 Å². The maximum absolute atomic E-state index is 14.8. The summed E-state index contributed by atoms with van der Waals surface area (Å²) in [5.74, 6) is -5.39. The van der Waals surface area contributed by atoms with Gasteiger partial charge in [0.1, 0.15) is 53.1 Å². The lowest BCUT2D eigenvalue weighted by Crippen LogP contribution is -2.46. The zero-order valence-corrected chi connectivity index (χ0v) is 38.4. The summed E-state index contributed by atoms with van der Waals surface area (Å²) < 4.78 is 44.1. The van der Waals surface area contributed by atoms with E-state index in [4.69, 9.17) is 37.8 Å². The Balaban J connectivity index is 1.30. The van der Waals surface area contributed by atoms with E-state index < -0.39 is 71.1 Å². The summed E-state index contributed by atoms with van der Waals surface area (Å²) in [5, 5.41) is 26.1. The summed E-state index contributed by atoms with van der Waals surface area (Å²) in [6.45, 7) is 12.8. The van der Waals surface area contributed by atoms with Crippen LogP contribution in [0.3, 0.4) is 0 Å². The third-order valence-corrected chi connectivity index (χ3v) is 13.9. The van der Waals surface area contributed by atoms with E-state index in [1.54, 1.807) is 44.2 Å². The van der Waals surface area contributed by atoms with Gasteiger partial charge in [-0.3, -0.25) is 19.2 Å². The van der Waals surface area contributed by atoms with Crippen molar-refractivity contribution in [2.75, 3.05) is 39.7 Å². The van der Waals surface area contributed by atoms with Crippen molar-refractivity contribution >= 4 is 56.3 Å². The lowest BCUT2D eigenvalue weighted by molar-refractivity contribution is -0.902. The largest absolute Gasteiger partial charge is 0.505 e. The number of aliphatic hydroxyl groups excluding tert-OH is 1. The van der Waals surface area contributed by atoms with Gasteiger partial charge in [-0.15, -0.1) is 0 Å². The van der Waals surface area contributed by atoms with Crippen LogP contribution in [0.1, 0.15) is 70.3 Å². The van der Waals surface area contributed by atoms with Gasteiger partial charge < -0.3 is 52.9 Å². The average molecular weight is 897 g/mol. The van der Waals surface area contributed by atoms with Gasteiger partial charge in [0.05, 0.1) is 56.2 Å². The number of phenols is 1. The minimum absolute atomic E-state index is 0.00715. The molecule has 2 saturated heterocycles. The Kier molecular flexibility index (Phi) is 12.1. The van der Waals surface area contributed by atoms with Gasteiger partial charge in [-0.25, -0.2) is 4.98 Å². The lowest BCUT2D eigenvalue weighted by Gasteiger charge is -2.33. The molecule has 1 unspecified atom stereocenters. The van der Waals surface area contributed by atoms with Gasteiger partial charge in [0.15, 0.2) is 22.3 Å². The van der Waals surface area contributed by atoms with Gasteiger partial charge >= 0.3 is 11.8 Å². The molecule has 5 aliphatic heterocycles. The topological polar surface area (TPSA) is 202 Å². The number of aliphatic hydroxyl groups is 1. The highest BCUT2D eigenvalue weighted by Crippen LogP contribution is 2.48. The SMILES string of the molecule is CO[C@H]1/C=C/O[C@@]2(C)Oc3c(C)c(=O)c4c(O)c(c5oc6cc(OCC7CCC[N+]7(C)C)ccc6nc5c4c3C2=O)NC(=O)/C(C)=C\C=C\[C@H](C)[C@@H]2O[C@H]([C@H](O)[C@@H]2C)[C@H](OC(C)=O)[C@@H]1C. The molecule has 10 atom stereocenters. The number of likely N-dealkylation sites (tertiary alicyclic amines) is 1. The molecule has 0 spiro atoms. The first-order valence-corrected chi connectivity index (χ1v) is 22.1. The van der Waals surface area contributed by atoms with Gasteiger partial charge in [-0.1, -0.05) is 39.0 Å². The number of quaternary nitrogens is 1. The van der Waals surface area contributed by atoms with Gasteiger partial charge in [-0.2, -0.15) is 0 Å². The van der Waals surface area contributed by atoms with Crippen LogP contribution in [0.5, 0.6) is 17.2 Å². The molecule has 4 aromatic rings. The maximum atomic E-state index is 14.8. The number of nitrogens with one attached hydrogen (secondary N) is 1. The molecule has 0 aliphatic carbocycles. The number of fused-ring (bicyclic) bond motifs is 9. The van der Waals surface area contributed by atoms with E-state index in [-0.39, 0.29) is 67.4 Å². The number of benzene rings is 3. The second-order valence-corrected chi connectivity index (χ2v) is 18.7. The number of esters is 1. The van der Waals surface area contributed by atoms with Gasteiger partial charge in [0, 0.05) is 74.1 Å². The number of rotatable bonds is 5. The number of hydrogen-bond acceptors (Lipinski definition) is 14. The minimum Gasteiger partial charge on any atom is -0.505 e. The normalized spacial score (nSPS) is 32.0. The zero-order chi connectivity index (χ0) is 46.9. The van der Waals surface area contributed by atoms with Crippen molar-refractivity contribution in [3.63, 3.8) is 0 Å². The molecule has 5 aliphatic rings. The summed E-state index contributed by atoms with van der Waals surface area (Å²) in [7, 11) is 5.83. The number of phenolic OH excluding ortho intramolecular Hbond substituents is 1. The fraction of sp³-hybridized carbons (Fsp3) is 0.490. The Labute approximate surface area is 376 Å². The van der Waals surface area contributed by atoms with Gasteiger partial charge in [0.2, 0.25) is 0 Å². The number of amides is 1. The number of ether oxygens (including phenoxy) is 6. The van der Waals surface area contributed by atoms with E-state index in [2.05, 4.69) is 19.4 Å². The molecule has 346 valence electrons.